The summed E-state index contributed by atoms with van der Waals surface area (Å²) in [5, 5.41) is 10.2. The van der Waals surface area contributed by atoms with Crippen molar-refractivity contribution in [1.82, 2.24) is 4.98 Å². The van der Waals surface area contributed by atoms with E-state index in [4.69, 9.17) is 14.2 Å². The first kappa shape index (κ1) is 27.5. The Bertz CT molecular complexity index is 1220. The lowest BCUT2D eigenvalue weighted by molar-refractivity contribution is -0.157. The molecule has 0 saturated heterocycles. The summed E-state index contributed by atoms with van der Waals surface area (Å²) in [6.45, 7) is 3.09. The van der Waals surface area contributed by atoms with Crippen LogP contribution in [0.5, 0.6) is 17.2 Å². The molecule has 37 heavy (non-hydrogen) atoms. The third-order valence-corrected chi connectivity index (χ3v) is 5.57. The van der Waals surface area contributed by atoms with Gasteiger partial charge in [0.15, 0.2) is 29.1 Å². The smallest absolute Gasteiger partial charge is 0.416 e. The molecule has 0 unspecified atom stereocenters. The fourth-order valence-electron chi connectivity index (χ4n) is 3.57. The summed E-state index contributed by atoms with van der Waals surface area (Å²) in [7, 11) is 1.33. The van der Waals surface area contributed by atoms with Crippen LogP contribution in [0.1, 0.15) is 48.0 Å². The maximum Gasteiger partial charge on any atom is 0.416 e. The molecule has 7 nitrogen and oxygen atoms in total. The maximum atomic E-state index is 12.9. The molecule has 3 aromatic rings. The third-order valence-electron chi connectivity index (χ3n) is 5.57. The SMILES string of the molecule is COc1ccnc(C(=O)C[C@@H](C)C(=O)O[C@@H](C)[C@H](Oc2ccc(C(F)(F)F)cc2)c2ccccc2)c1O. The first-order valence-electron chi connectivity index (χ1n) is 11.4. The highest BCUT2D eigenvalue weighted by Gasteiger charge is 2.31. The summed E-state index contributed by atoms with van der Waals surface area (Å²) < 4.78 is 55.2. The molecule has 0 fully saturated rings. The summed E-state index contributed by atoms with van der Waals surface area (Å²) in [6, 6.07) is 14.4. The summed E-state index contributed by atoms with van der Waals surface area (Å²) >= 11 is 0. The average molecular weight is 518 g/mol. The number of pyridine rings is 1. The van der Waals surface area contributed by atoms with E-state index in [9.17, 15) is 27.9 Å². The number of halogens is 3. The second kappa shape index (κ2) is 11.8. The number of aromatic hydroxyl groups is 1. The number of benzene rings is 2. The predicted molar refractivity (Wildman–Crippen MR) is 127 cm³/mol. The molecule has 0 radical (unpaired) electrons. The van der Waals surface area contributed by atoms with Gasteiger partial charge in [0.1, 0.15) is 11.9 Å². The number of methoxy groups -OCH3 is 1. The number of hydrogen-bond donors (Lipinski definition) is 1. The molecule has 0 aliphatic rings. The van der Waals surface area contributed by atoms with Crippen molar-refractivity contribution in [2.24, 2.45) is 5.92 Å². The average Bonchev–Trinajstić information content (AvgIpc) is 2.87. The highest BCUT2D eigenvalue weighted by molar-refractivity contribution is 5.99. The van der Waals surface area contributed by atoms with Crippen molar-refractivity contribution in [1.29, 1.82) is 0 Å². The van der Waals surface area contributed by atoms with E-state index in [-0.39, 0.29) is 23.6 Å². The fraction of sp³-hybridized carbons (Fsp3) is 0.296. The molecule has 0 aliphatic carbocycles. The Morgan fingerprint density at radius 3 is 2.24 bits per heavy atom. The largest absolute Gasteiger partial charge is 0.503 e. The lowest BCUT2D eigenvalue weighted by Crippen LogP contribution is -2.30. The monoisotopic (exact) mass is 517 g/mol. The molecule has 196 valence electrons. The van der Waals surface area contributed by atoms with E-state index in [1.807, 2.05) is 0 Å². The van der Waals surface area contributed by atoms with E-state index in [0.717, 1.165) is 12.1 Å². The molecule has 0 aliphatic heterocycles. The number of hydrogen-bond acceptors (Lipinski definition) is 7. The zero-order valence-electron chi connectivity index (χ0n) is 20.4. The van der Waals surface area contributed by atoms with Crippen molar-refractivity contribution in [2.75, 3.05) is 7.11 Å². The fourth-order valence-corrected chi connectivity index (χ4v) is 3.57. The third kappa shape index (κ3) is 6.99. The van der Waals surface area contributed by atoms with E-state index < -0.39 is 47.4 Å². The zero-order valence-corrected chi connectivity index (χ0v) is 20.4. The molecule has 0 bridgehead atoms. The van der Waals surface area contributed by atoms with Gasteiger partial charge in [-0.1, -0.05) is 37.3 Å². The Balaban J connectivity index is 1.72. The summed E-state index contributed by atoms with van der Waals surface area (Å²) in [5.41, 5.74) is -0.401. The standard InChI is InChI=1S/C27H26F3NO6/c1-16(15-21(32)23-24(33)22(35-3)13-14-31-23)26(34)36-17(2)25(18-7-5-4-6-8-18)37-20-11-9-19(10-12-20)27(28,29)30/h4-14,16-17,25,33H,15H2,1-3H3/t16-,17+,25+/m1/s1. The van der Waals surface area contributed by atoms with Crippen molar-refractivity contribution >= 4 is 11.8 Å². The van der Waals surface area contributed by atoms with Crippen LogP contribution in [0.25, 0.3) is 0 Å². The van der Waals surface area contributed by atoms with Crippen molar-refractivity contribution in [3.05, 3.63) is 83.7 Å². The summed E-state index contributed by atoms with van der Waals surface area (Å²) in [6.07, 6.45) is -5.16. The van der Waals surface area contributed by atoms with Gasteiger partial charge in [0, 0.05) is 18.7 Å². The van der Waals surface area contributed by atoms with E-state index >= 15 is 0 Å². The van der Waals surface area contributed by atoms with Crippen LogP contribution in [0.2, 0.25) is 0 Å². The zero-order chi connectivity index (χ0) is 27.2. The van der Waals surface area contributed by atoms with Crippen LogP contribution in [0, 0.1) is 5.92 Å². The Morgan fingerprint density at radius 1 is 1.00 bits per heavy atom. The number of alkyl halides is 3. The van der Waals surface area contributed by atoms with Gasteiger partial charge >= 0.3 is 12.1 Å². The number of esters is 1. The molecule has 1 N–H and O–H groups in total. The van der Waals surface area contributed by atoms with E-state index in [1.165, 1.54) is 38.4 Å². The van der Waals surface area contributed by atoms with Gasteiger partial charge < -0.3 is 19.3 Å². The minimum Gasteiger partial charge on any atom is -0.503 e. The number of Topliss-reactive ketones (excluding diaryl/α,β-unsaturated/α-hetero) is 1. The van der Waals surface area contributed by atoms with Crippen LogP contribution in [0.4, 0.5) is 13.2 Å². The molecular formula is C27H26F3NO6. The van der Waals surface area contributed by atoms with Gasteiger partial charge in [-0.3, -0.25) is 9.59 Å². The first-order valence-corrected chi connectivity index (χ1v) is 11.4. The number of ether oxygens (including phenoxy) is 3. The Kier molecular flexibility index (Phi) is 8.75. The van der Waals surface area contributed by atoms with Crippen molar-refractivity contribution in [3.8, 4) is 17.2 Å². The number of carbonyl (C=O) groups excluding carboxylic acids is 2. The normalized spacial score (nSPS) is 13.8. The number of ketones is 1. The number of nitrogens with zero attached hydrogens (tertiary/aromatic N) is 1. The van der Waals surface area contributed by atoms with E-state index in [0.29, 0.717) is 5.56 Å². The van der Waals surface area contributed by atoms with Crippen LogP contribution < -0.4 is 9.47 Å². The number of rotatable bonds is 10. The molecule has 1 aromatic heterocycles. The Morgan fingerprint density at radius 2 is 1.65 bits per heavy atom. The van der Waals surface area contributed by atoms with Crippen LogP contribution in [-0.4, -0.2) is 35.1 Å². The molecule has 2 aromatic carbocycles. The quantitative estimate of drug-likeness (QED) is 0.269. The molecule has 1 heterocycles. The summed E-state index contributed by atoms with van der Waals surface area (Å²) in [4.78, 5) is 29.3. The lowest BCUT2D eigenvalue weighted by Gasteiger charge is -2.26. The van der Waals surface area contributed by atoms with Crippen LogP contribution in [-0.2, 0) is 15.7 Å². The van der Waals surface area contributed by atoms with E-state index in [1.54, 1.807) is 37.3 Å². The predicted octanol–water partition coefficient (Wildman–Crippen LogP) is 5.78. The van der Waals surface area contributed by atoms with Crippen molar-refractivity contribution in [2.45, 2.75) is 38.7 Å². The molecule has 0 saturated carbocycles. The van der Waals surface area contributed by atoms with Crippen LogP contribution >= 0.6 is 0 Å². The topological polar surface area (TPSA) is 95.0 Å². The number of aromatic nitrogens is 1. The van der Waals surface area contributed by atoms with Crippen molar-refractivity contribution < 1.29 is 42.1 Å². The van der Waals surface area contributed by atoms with Gasteiger partial charge in [0.05, 0.1) is 18.6 Å². The van der Waals surface area contributed by atoms with Gasteiger partial charge in [0.25, 0.3) is 0 Å². The Hall–Kier alpha value is -4.08. The van der Waals surface area contributed by atoms with Crippen LogP contribution in [0.3, 0.4) is 0 Å². The molecule has 3 rings (SSSR count). The van der Waals surface area contributed by atoms with Gasteiger partial charge in [-0.15, -0.1) is 0 Å². The number of carbonyl (C=O) groups is 2. The van der Waals surface area contributed by atoms with Crippen molar-refractivity contribution in [3.63, 3.8) is 0 Å². The second-order valence-electron chi connectivity index (χ2n) is 8.35. The Labute approximate surface area is 211 Å². The van der Waals surface area contributed by atoms with Crippen LogP contribution in [0.15, 0.2) is 66.9 Å². The summed E-state index contributed by atoms with van der Waals surface area (Å²) in [5.74, 6) is -2.34. The minimum atomic E-state index is -4.48. The highest BCUT2D eigenvalue weighted by Crippen LogP contribution is 2.33. The first-order chi connectivity index (χ1) is 17.5. The second-order valence-corrected chi connectivity index (χ2v) is 8.35. The molecule has 10 heteroatoms. The lowest BCUT2D eigenvalue weighted by atomic mass is 10.0. The highest BCUT2D eigenvalue weighted by atomic mass is 19.4. The van der Waals surface area contributed by atoms with Gasteiger partial charge in [-0.2, -0.15) is 13.2 Å². The molecule has 0 amide bonds. The van der Waals surface area contributed by atoms with Gasteiger partial charge in [-0.05, 0) is 36.8 Å². The molecule has 0 spiro atoms. The minimum absolute atomic E-state index is 0.0771. The van der Waals surface area contributed by atoms with E-state index in [2.05, 4.69) is 4.98 Å². The van der Waals surface area contributed by atoms with Gasteiger partial charge in [0.2, 0.25) is 0 Å². The molecule has 3 atom stereocenters. The molecular weight excluding hydrogens is 491 g/mol. The van der Waals surface area contributed by atoms with Gasteiger partial charge in [-0.25, -0.2) is 4.98 Å². The maximum absolute atomic E-state index is 12.9.